The summed E-state index contributed by atoms with van der Waals surface area (Å²) in [5, 5.41) is 0. The largest absolute Gasteiger partial charge is 0.483 e. The lowest BCUT2D eigenvalue weighted by Gasteiger charge is -2.35. The van der Waals surface area contributed by atoms with E-state index in [2.05, 4.69) is 4.90 Å². The second-order valence-corrected chi connectivity index (χ2v) is 7.77. The van der Waals surface area contributed by atoms with E-state index in [-0.39, 0.29) is 29.8 Å². The van der Waals surface area contributed by atoms with Gasteiger partial charge in [0.15, 0.2) is 11.5 Å². The lowest BCUT2D eigenvalue weighted by atomic mass is 9.77. The number of carbonyl (C=O) groups excluding carboxylic acids is 2. The quantitative estimate of drug-likeness (QED) is 0.834. The Bertz CT molecular complexity index is 741. The summed E-state index contributed by atoms with van der Waals surface area (Å²) in [5.74, 6) is 0.222. The van der Waals surface area contributed by atoms with E-state index < -0.39 is 0 Å². The molecule has 3 aliphatic rings. The molecule has 0 saturated heterocycles. The number of likely N-dealkylation sites (N-methyl/N-ethyl adjacent to an activating group) is 1. The van der Waals surface area contributed by atoms with E-state index in [4.69, 9.17) is 4.74 Å². The first-order valence-corrected chi connectivity index (χ1v) is 9.53. The number of hydrogen-bond acceptors (Lipinski definition) is 4. The maximum Gasteiger partial charge on any atom is 0.290 e. The maximum absolute atomic E-state index is 13.3. The van der Waals surface area contributed by atoms with Gasteiger partial charge in [0.25, 0.3) is 5.91 Å². The number of rotatable bonds is 4. The summed E-state index contributed by atoms with van der Waals surface area (Å²) in [6.45, 7) is 1.32. The number of ketones is 1. The van der Waals surface area contributed by atoms with E-state index in [1.807, 2.05) is 49.3 Å². The number of hydrogen-bond donors (Lipinski definition) is 0. The predicted octanol–water partition coefficient (Wildman–Crippen LogP) is 2.54. The molecule has 4 rings (SSSR count). The van der Waals surface area contributed by atoms with Gasteiger partial charge in [0.2, 0.25) is 0 Å². The molecule has 5 heteroatoms. The third-order valence-electron chi connectivity index (χ3n) is 5.76. The summed E-state index contributed by atoms with van der Waals surface area (Å²) in [7, 11) is 3.98. The van der Waals surface area contributed by atoms with Gasteiger partial charge in [0.05, 0.1) is 17.5 Å². The molecule has 1 saturated carbocycles. The van der Waals surface area contributed by atoms with Crippen LogP contribution in [0, 0.1) is 5.92 Å². The van der Waals surface area contributed by atoms with Crippen LogP contribution in [-0.4, -0.2) is 54.8 Å². The van der Waals surface area contributed by atoms with E-state index in [0.717, 1.165) is 37.8 Å². The monoisotopic (exact) mass is 354 g/mol. The lowest BCUT2D eigenvalue weighted by molar-refractivity contribution is -0.135. The Morgan fingerprint density at radius 3 is 2.58 bits per heavy atom. The molecule has 2 heterocycles. The fourth-order valence-corrected chi connectivity index (χ4v) is 4.41. The van der Waals surface area contributed by atoms with Crippen molar-refractivity contribution in [3.8, 4) is 0 Å². The van der Waals surface area contributed by atoms with Gasteiger partial charge in [-0.1, -0.05) is 36.8 Å². The van der Waals surface area contributed by atoms with Gasteiger partial charge in [-0.15, -0.1) is 0 Å². The van der Waals surface area contributed by atoms with Crippen molar-refractivity contribution in [2.24, 2.45) is 5.92 Å². The molecular weight excluding hydrogens is 328 g/mol. The highest BCUT2D eigenvalue weighted by molar-refractivity contribution is 6.11. The van der Waals surface area contributed by atoms with Crippen LogP contribution < -0.4 is 0 Å². The van der Waals surface area contributed by atoms with Crippen molar-refractivity contribution in [3.63, 3.8) is 0 Å². The van der Waals surface area contributed by atoms with Gasteiger partial charge in [-0.2, -0.15) is 0 Å². The van der Waals surface area contributed by atoms with Crippen LogP contribution in [0.15, 0.2) is 41.7 Å². The summed E-state index contributed by atoms with van der Waals surface area (Å²) in [4.78, 5) is 30.3. The van der Waals surface area contributed by atoms with Crippen LogP contribution >= 0.6 is 0 Å². The van der Waals surface area contributed by atoms with Crippen LogP contribution in [0.4, 0.5) is 0 Å². The molecule has 1 aromatic rings. The molecule has 0 bridgehead atoms. The summed E-state index contributed by atoms with van der Waals surface area (Å²) < 4.78 is 6.14. The maximum atomic E-state index is 13.3. The van der Waals surface area contributed by atoms with Gasteiger partial charge in [-0.25, -0.2) is 0 Å². The topological polar surface area (TPSA) is 49.9 Å². The Labute approximate surface area is 154 Å². The number of Topliss-reactive ketones (excluding diaryl/α,β-unsaturated/α-hetero) is 1. The number of nitrogens with zero attached hydrogens (tertiary/aromatic N) is 2. The number of fused-ring (bicyclic) bond motifs is 1. The molecule has 1 aliphatic carbocycles. The van der Waals surface area contributed by atoms with Gasteiger partial charge < -0.3 is 14.5 Å². The minimum absolute atomic E-state index is 0.0877. The molecule has 2 aliphatic heterocycles. The first kappa shape index (κ1) is 17.3. The van der Waals surface area contributed by atoms with Crippen molar-refractivity contribution in [2.45, 2.75) is 37.8 Å². The van der Waals surface area contributed by atoms with E-state index in [0.29, 0.717) is 17.9 Å². The Kier molecular flexibility index (Phi) is 4.57. The van der Waals surface area contributed by atoms with Crippen molar-refractivity contribution in [1.29, 1.82) is 0 Å². The molecule has 3 unspecified atom stereocenters. The fourth-order valence-electron chi connectivity index (χ4n) is 4.41. The third kappa shape index (κ3) is 2.84. The molecular formula is C21H26N2O3. The highest BCUT2D eigenvalue weighted by Gasteiger charge is 2.51. The Balaban J connectivity index is 1.74. The highest BCUT2D eigenvalue weighted by Crippen LogP contribution is 2.46. The van der Waals surface area contributed by atoms with Crippen molar-refractivity contribution in [1.82, 2.24) is 9.80 Å². The SMILES string of the molecule is CN(C)CCN1C(=O)C2=C(C(=O)C3CCCCC3O2)C1c1ccccc1. The van der Waals surface area contributed by atoms with Crippen molar-refractivity contribution >= 4 is 11.7 Å². The summed E-state index contributed by atoms with van der Waals surface area (Å²) in [5.41, 5.74) is 1.57. The second-order valence-electron chi connectivity index (χ2n) is 7.77. The molecule has 0 radical (unpaired) electrons. The minimum Gasteiger partial charge on any atom is -0.483 e. The average molecular weight is 354 g/mol. The van der Waals surface area contributed by atoms with E-state index >= 15 is 0 Å². The van der Waals surface area contributed by atoms with Crippen LogP contribution in [0.3, 0.4) is 0 Å². The minimum atomic E-state index is -0.325. The van der Waals surface area contributed by atoms with E-state index in [1.54, 1.807) is 0 Å². The molecule has 3 atom stereocenters. The first-order chi connectivity index (χ1) is 12.6. The van der Waals surface area contributed by atoms with Gasteiger partial charge in [0, 0.05) is 13.1 Å². The van der Waals surface area contributed by atoms with Crippen LogP contribution in [0.5, 0.6) is 0 Å². The highest BCUT2D eigenvalue weighted by atomic mass is 16.5. The van der Waals surface area contributed by atoms with Gasteiger partial charge >= 0.3 is 0 Å². The summed E-state index contributed by atoms with van der Waals surface area (Å²) in [6.07, 6.45) is 3.75. The average Bonchev–Trinajstić information content (AvgIpc) is 2.93. The number of carbonyl (C=O) groups is 2. The smallest absolute Gasteiger partial charge is 0.290 e. The van der Waals surface area contributed by atoms with Crippen LogP contribution in [0.2, 0.25) is 0 Å². The normalized spacial score (nSPS) is 28.3. The first-order valence-electron chi connectivity index (χ1n) is 9.53. The van der Waals surface area contributed by atoms with Crippen LogP contribution in [0.1, 0.15) is 37.3 Å². The molecule has 0 spiro atoms. The number of ether oxygens (including phenoxy) is 1. The van der Waals surface area contributed by atoms with Crippen LogP contribution in [0.25, 0.3) is 0 Å². The van der Waals surface area contributed by atoms with Gasteiger partial charge in [0.1, 0.15) is 6.10 Å². The molecule has 1 aromatic carbocycles. The summed E-state index contributed by atoms with van der Waals surface area (Å²) >= 11 is 0. The Hall–Kier alpha value is -2.14. The standard InChI is InChI=1S/C21H26N2O3/c1-22(2)12-13-23-18(14-8-4-3-5-9-14)17-19(24)15-10-6-7-11-16(15)26-20(17)21(23)25/h3-5,8-9,15-16,18H,6-7,10-13H2,1-2H3. The molecule has 5 nitrogen and oxygen atoms in total. The van der Waals surface area contributed by atoms with Crippen molar-refractivity contribution in [2.75, 3.05) is 27.2 Å². The second kappa shape index (κ2) is 6.88. The van der Waals surface area contributed by atoms with Crippen molar-refractivity contribution < 1.29 is 14.3 Å². The third-order valence-corrected chi connectivity index (χ3v) is 5.76. The van der Waals surface area contributed by atoms with E-state index in [1.165, 1.54) is 0 Å². The van der Waals surface area contributed by atoms with Gasteiger partial charge in [-0.05, 0) is 38.9 Å². The Morgan fingerprint density at radius 1 is 1.12 bits per heavy atom. The fraction of sp³-hybridized carbons (Fsp3) is 0.524. The predicted molar refractivity (Wildman–Crippen MR) is 98.3 cm³/mol. The molecule has 1 fully saturated rings. The number of benzene rings is 1. The van der Waals surface area contributed by atoms with Crippen molar-refractivity contribution in [3.05, 3.63) is 47.2 Å². The zero-order chi connectivity index (χ0) is 18.3. The molecule has 26 heavy (non-hydrogen) atoms. The molecule has 1 amide bonds. The van der Waals surface area contributed by atoms with Gasteiger partial charge in [-0.3, -0.25) is 9.59 Å². The molecule has 138 valence electrons. The lowest BCUT2D eigenvalue weighted by Crippen LogP contribution is -2.39. The van der Waals surface area contributed by atoms with Crippen LogP contribution in [-0.2, 0) is 14.3 Å². The number of amides is 1. The molecule has 0 N–H and O–H groups in total. The van der Waals surface area contributed by atoms with E-state index in [9.17, 15) is 9.59 Å². The zero-order valence-electron chi connectivity index (χ0n) is 15.5. The zero-order valence-corrected chi connectivity index (χ0v) is 15.5. The summed E-state index contributed by atoms with van der Waals surface area (Å²) in [6, 6.07) is 9.54. The molecule has 0 aromatic heterocycles. The Morgan fingerprint density at radius 2 is 1.85 bits per heavy atom.